The first-order chi connectivity index (χ1) is 12.0. The van der Waals surface area contributed by atoms with Crippen molar-refractivity contribution in [1.82, 2.24) is 0 Å². The van der Waals surface area contributed by atoms with E-state index in [1.807, 2.05) is 13.0 Å². The lowest BCUT2D eigenvalue weighted by Gasteiger charge is -2.49. The van der Waals surface area contributed by atoms with Crippen molar-refractivity contribution in [3.8, 4) is 0 Å². The number of allylic oxidation sites excluding steroid dienone is 4. The Morgan fingerprint density at radius 2 is 2.08 bits per heavy atom. The summed E-state index contributed by atoms with van der Waals surface area (Å²) in [5.41, 5.74) is 3.09. The lowest BCUT2D eigenvalue weighted by Crippen LogP contribution is -2.43. The van der Waals surface area contributed by atoms with Crippen LogP contribution in [0.25, 0.3) is 0 Å². The highest BCUT2D eigenvalue weighted by atomic mass is 16.5. The smallest absolute Gasteiger partial charge is 0.306 e. The van der Waals surface area contributed by atoms with E-state index < -0.39 is 0 Å². The molecule has 0 spiro atoms. The first-order valence-corrected chi connectivity index (χ1v) is 10.2. The lowest BCUT2D eigenvalue weighted by atomic mass is 9.56. The maximum Gasteiger partial charge on any atom is 0.306 e. The van der Waals surface area contributed by atoms with Crippen LogP contribution < -0.4 is 0 Å². The standard InChI is InChI=1S/C22H30O3/c1-3-4-21(24)25-20-10-9-19-18-7-5-14-13-15(23)6-8-16(14)17(18)11-12-22(19,20)2/h11,13,16,18-20H,3-10,12H2,1-2H3. The second-order valence-corrected chi connectivity index (χ2v) is 8.75. The van der Waals surface area contributed by atoms with Gasteiger partial charge in [-0.2, -0.15) is 0 Å². The summed E-state index contributed by atoms with van der Waals surface area (Å²) < 4.78 is 5.90. The van der Waals surface area contributed by atoms with Crippen LogP contribution in [0, 0.1) is 23.2 Å². The van der Waals surface area contributed by atoms with Crippen LogP contribution in [0.3, 0.4) is 0 Å². The fourth-order valence-corrected chi connectivity index (χ4v) is 6.08. The largest absolute Gasteiger partial charge is 0.462 e. The topological polar surface area (TPSA) is 43.4 Å². The Balaban J connectivity index is 1.57. The molecule has 0 aromatic rings. The van der Waals surface area contributed by atoms with Gasteiger partial charge in [0, 0.05) is 24.2 Å². The van der Waals surface area contributed by atoms with Crippen LogP contribution in [0.4, 0.5) is 0 Å². The van der Waals surface area contributed by atoms with Gasteiger partial charge in [0.25, 0.3) is 0 Å². The van der Waals surface area contributed by atoms with Crippen LogP contribution in [0.15, 0.2) is 23.3 Å². The summed E-state index contributed by atoms with van der Waals surface area (Å²) in [6.45, 7) is 4.37. The van der Waals surface area contributed by atoms with Crippen LogP contribution in [-0.4, -0.2) is 17.9 Å². The minimum Gasteiger partial charge on any atom is -0.462 e. The zero-order chi connectivity index (χ0) is 17.6. The van der Waals surface area contributed by atoms with E-state index in [0.29, 0.717) is 36.4 Å². The molecular formula is C22H30O3. The van der Waals surface area contributed by atoms with Gasteiger partial charge in [0.2, 0.25) is 0 Å². The molecule has 0 bridgehead atoms. The first kappa shape index (κ1) is 17.1. The second kappa shape index (κ2) is 6.41. The normalized spacial score (nSPS) is 39.7. The highest BCUT2D eigenvalue weighted by molar-refractivity contribution is 5.91. The van der Waals surface area contributed by atoms with Gasteiger partial charge < -0.3 is 4.74 Å². The molecule has 0 aromatic heterocycles. The van der Waals surface area contributed by atoms with Crippen molar-refractivity contribution < 1.29 is 14.3 Å². The maximum atomic E-state index is 12.0. The Morgan fingerprint density at radius 1 is 1.24 bits per heavy atom. The molecular weight excluding hydrogens is 312 g/mol. The molecule has 0 radical (unpaired) electrons. The monoisotopic (exact) mass is 342 g/mol. The van der Waals surface area contributed by atoms with E-state index in [4.69, 9.17) is 4.74 Å². The molecule has 2 fully saturated rings. The van der Waals surface area contributed by atoms with E-state index in [-0.39, 0.29) is 17.5 Å². The zero-order valence-electron chi connectivity index (χ0n) is 15.6. The molecule has 0 amide bonds. The van der Waals surface area contributed by atoms with Crippen LogP contribution in [0.2, 0.25) is 0 Å². The minimum absolute atomic E-state index is 0.0243. The van der Waals surface area contributed by atoms with Crippen LogP contribution in [0.5, 0.6) is 0 Å². The highest BCUT2D eigenvalue weighted by Crippen LogP contribution is 2.60. The van der Waals surface area contributed by atoms with Crippen molar-refractivity contribution in [2.75, 3.05) is 0 Å². The van der Waals surface area contributed by atoms with E-state index in [0.717, 1.165) is 38.5 Å². The van der Waals surface area contributed by atoms with E-state index in [9.17, 15) is 9.59 Å². The Labute approximate surface area is 150 Å². The van der Waals surface area contributed by atoms with Crippen LogP contribution >= 0.6 is 0 Å². The molecule has 0 aliphatic heterocycles. The third-order valence-electron chi connectivity index (χ3n) is 7.36. The number of carbonyl (C=O) groups excluding carboxylic acids is 2. The Bertz CT molecular complexity index is 644. The summed E-state index contributed by atoms with van der Waals surface area (Å²) in [6, 6.07) is 0. The van der Waals surface area contributed by atoms with Crippen LogP contribution in [-0.2, 0) is 14.3 Å². The van der Waals surface area contributed by atoms with Gasteiger partial charge >= 0.3 is 5.97 Å². The third kappa shape index (κ3) is 2.80. The quantitative estimate of drug-likeness (QED) is 0.548. The van der Waals surface area contributed by atoms with Gasteiger partial charge in [-0.05, 0) is 62.9 Å². The summed E-state index contributed by atoms with van der Waals surface area (Å²) in [7, 11) is 0. The number of hydrogen-bond donors (Lipinski definition) is 0. The maximum absolute atomic E-state index is 12.0. The fourth-order valence-electron chi connectivity index (χ4n) is 6.08. The highest BCUT2D eigenvalue weighted by Gasteiger charge is 2.54. The fraction of sp³-hybridized carbons (Fsp3) is 0.727. The molecule has 5 unspecified atom stereocenters. The summed E-state index contributed by atoms with van der Waals surface area (Å²) in [5.74, 6) is 2.07. The first-order valence-electron chi connectivity index (χ1n) is 10.2. The number of ketones is 1. The van der Waals surface area contributed by atoms with Crippen molar-refractivity contribution in [2.45, 2.75) is 77.7 Å². The lowest BCUT2D eigenvalue weighted by molar-refractivity contribution is -0.155. The number of hydrogen-bond acceptors (Lipinski definition) is 3. The average Bonchev–Trinajstić information content (AvgIpc) is 2.91. The average molecular weight is 342 g/mol. The Kier molecular flexibility index (Phi) is 4.37. The molecule has 0 saturated heterocycles. The zero-order valence-corrected chi connectivity index (χ0v) is 15.6. The third-order valence-corrected chi connectivity index (χ3v) is 7.36. The summed E-state index contributed by atoms with van der Waals surface area (Å²) in [6.07, 6.45) is 13.0. The number of rotatable bonds is 3. The summed E-state index contributed by atoms with van der Waals surface area (Å²) >= 11 is 0. The minimum atomic E-state index is -0.0243. The number of esters is 1. The van der Waals surface area contributed by atoms with Gasteiger partial charge in [0.1, 0.15) is 6.10 Å². The van der Waals surface area contributed by atoms with Crippen molar-refractivity contribution >= 4 is 11.8 Å². The molecule has 4 aliphatic carbocycles. The second-order valence-electron chi connectivity index (χ2n) is 8.75. The van der Waals surface area contributed by atoms with E-state index in [1.54, 1.807) is 5.57 Å². The molecule has 136 valence electrons. The van der Waals surface area contributed by atoms with Crippen molar-refractivity contribution in [2.24, 2.45) is 23.2 Å². The molecule has 2 saturated carbocycles. The predicted octanol–water partition coefficient (Wildman–Crippen LogP) is 4.76. The molecule has 3 heteroatoms. The van der Waals surface area contributed by atoms with Gasteiger partial charge in [0.05, 0.1) is 0 Å². The van der Waals surface area contributed by atoms with Gasteiger partial charge in [-0.3, -0.25) is 9.59 Å². The van der Waals surface area contributed by atoms with Gasteiger partial charge in [-0.25, -0.2) is 0 Å². The van der Waals surface area contributed by atoms with E-state index in [2.05, 4.69) is 13.0 Å². The van der Waals surface area contributed by atoms with Crippen molar-refractivity contribution in [1.29, 1.82) is 0 Å². The molecule has 0 aromatic carbocycles. The summed E-state index contributed by atoms with van der Waals surface area (Å²) in [5, 5.41) is 0. The SMILES string of the molecule is CCCC(=O)OC1CCC2C3CCC4=CC(=O)CCC4C3=CCC12C. The van der Waals surface area contributed by atoms with Crippen molar-refractivity contribution in [3.63, 3.8) is 0 Å². The van der Waals surface area contributed by atoms with Gasteiger partial charge in [-0.1, -0.05) is 31.1 Å². The molecule has 4 aliphatic rings. The molecule has 3 nitrogen and oxygen atoms in total. The molecule has 25 heavy (non-hydrogen) atoms. The molecule has 0 N–H and O–H groups in total. The molecule has 0 heterocycles. The number of ether oxygens (including phenoxy) is 1. The number of carbonyl (C=O) groups is 2. The van der Waals surface area contributed by atoms with Crippen molar-refractivity contribution in [3.05, 3.63) is 23.3 Å². The Hall–Kier alpha value is -1.38. The molecule has 5 atom stereocenters. The summed E-state index contributed by atoms with van der Waals surface area (Å²) in [4.78, 5) is 23.8. The molecule has 4 rings (SSSR count). The van der Waals surface area contributed by atoms with Crippen LogP contribution in [0.1, 0.15) is 71.6 Å². The number of fused-ring (bicyclic) bond motifs is 5. The van der Waals surface area contributed by atoms with Gasteiger partial charge in [-0.15, -0.1) is 0 Å². The predicted molar refractivity (Wildman–Crippen MR) is 96.9 cm³/mol. The van der Waals surface area contributed by atoms with E-state index >= 15 is 0 Å². The Morgan fingerprint density at radius 3 is 2.88 bits per heavy atom. The van der Waals surface area contributed by atoms with E-state index in [1.165, 1.54) is 12.0 Å². The van der Waals surface area contributed by atoms with Gasteiger partial charge in [0.15, 0.2) is 5.78 Å².